The number of allylic oxidation sites excluding steroid dienone is 4. The molecule has 3 unspecified atom stereocenters. The van der Waals surface area contributed by atoms with Gasteiger partial charge in [0.15, 0.2) is 5.96 Å². The number of amides is 2. The van der Waals surface area contributed by atoms with Crippen LogP contribution in [0.15, 0.2) is 91.0 Å². The fourth-order valence-electron chi connectivity index (χ4n) is 6.13. The molecule has 0 spiro atoms. The van der Waals surface area contributed by atoms with Gasteiger partial charge in [-0.2, -0.15) is 0 Å². The number of rotatable bonds is 13. The number of nitrogens with two attached hydrogens (primary N) is 2. The van der Waals surface area contributed by atoms with Crippen LogP contribution in [0.4, 0.5) is 0 Å². The molecule has 1 heterocycles. The summed E-state index contributed by atoms with van der Waals surface area (Å²) in [4.78, 5) is 33.2. The highest BCUT2D eigenvalue weighted by Crippen LogP contribution is 2.43. The second-order valence-corrected chi connectivity index (χ2v) is 11.1. The zero-order valence-electron chi connectivity index (χ0n) is 25.6. The SMILES string of the molecule is C=CC1=C(C=C)C(CN2CCC(CNC(=O)c3ccc(C=C)c(/C=C\C)c3)NC(CCCN=C(N)N)C2=O)c2ccccc21. The Bertz CT molecular complexity index is 1500. The van der Waals surface area contributed by atoms with Gasteiger partial charge in [0.1, 0.15) is 0 Å². The molecular weight excluding hydrogens is 548 g/mol. The van der Waals surface area contributed by atoms with Gasteiger partial charge in [-0.15, -0.1) is 0 Å². The molecule has 1 aliphatic carbocycles. The minimum Gasteiger partial charge on any atom is -0.370 e. The first-order valence-corrected chi connectivity index (χ1v) is 15.2. The molecule has 6 N–H and O–H groups in total. The van der Waals surface area contributed by atoms with E-state index in [-0.39, 0.29) is 29.7 Å². The molecule has 8 heteroatoms. The van der Waals surface area contributed by atoms with Gasteiger partial charge >= 0.3 is 0 Å². The van der Waals surface area contributed by atoms with Gasteiger partial charge in [0.05, 0.1) is 6.04 Å². The molecule has 2 aromatic rings. The highest BCUT2D eigenvalue weighted by atomic mass is 16.2. The van der Waals surface area contributed by atoms with Gasteiger partial charge in [0.25, 0.3) is 5.91 Å². The number of aliphatic imine (C=N–C) groups is 1. The van der Waals surface area contributed by atoms with Gasteiger partial charge < -0.3 is 27.0 Å². The van der Waals surface area contributed by atoms with Crippen molar-refractivity contribution in [3.05, 3.63) is 114 Å². The van der Waals surface area contributed by atoms with E-state index < -0.39 is 6.04 Å². The average molecular weight is 593 g/mol. The van der Waals surface area contributed by atoms with E-state index in [1.54, 1.807) is 12.1 Å². The van der Waals surface area contributed by atoms with E-state index >= 15 is 0 Å². The third kappa shape index (κ3) is 7.44. The zero-order chi connectivity index (χ0) is 31.6. The Labute approximate surface area is 261 Å². The maximum atomic E-state index is 14.0. The van der Waals surface area contributed by atoms with Crippen molar-refractivity contribution in [1.29, 1.82) is 0 Å². The van der Waals surface area contributed by atoms with Crippen molar-refractivity contribution in [3.63, 3.8) is 0 Å². The molecule has 4 rings (SSSR count). The second-order valence-electron chi connectivity index (χ2n) is 11.1. The van der Waals surface area contributed by atoms with Crippen LogP contribution in [0.5, 0.6) is 0 Å². The second kappa shape index (κ2) is 15.2. The summed E-state index contributed by atoms with van der Waals surface area (Å²) in [5, 5.41) is 6.62. The molecule has 0 radical (unpaired) electrons. The first-order valence-electron chi connectivity index (χ1n) is 15.2. The van der Waals surface area contributed by atoms with E-state index in [2.05, 4.69) is 47.5 Å². The Hall–Kier alpha value is -4.69. The molecule has 3 atom stereocenters. The van der Waals surface area contributed by atoms with Crippen molar-refractivity contribution in [1.82, 2.24) is 15.5 Å². The normalized spacial score (nSPS) is 19.8. The van der Waals surface area contributed by atoms with E-state index in [9.17, 15) is 9.59 Å². The molecule has 230 valence electrons. The van der Waals surface area contributed by atoms with Crippen LogP contribution in [0, 0.1) is 0 Å². The lowest BCUT2D eigenvalue weighted by Gasteiger charge is -2.28. The summed E-state index contributed by atoms with van der Waals surface area (Å²) >= 11 is 0. The maximum Gasteiger partial charge on any atom is 0.251 e. The Balaban J connectivity index is 1.51. The van der Waals surface area contributed by atoms with Crippen LogP contribution in [0.3, 0.4) is 0 Å². The summed E-state index contributed by atoms with van der Waals surface area (Å²) in [5.41, 5.74) is 18.0. The Morgan fingerprint density at radius 2 is 1.91 bits per heavy atom. The number of hydrogen-bond acceptors (Lipinski definition) is 4. The molecular formula is C36H44N6O2. The first-order chi connectivity index (χ1) is 21.3. The maximum absolute atomic E-state index is 14.0. The van der Waals surface area contributed by atoms with Crippen LogP contribution >= 0.6 is 0 Å². The van der Waals surface area contributed by atoms with Crippen molar-refractivity contribution in [3.8, 4) is 0 Å². The van der Waals surface area contributed by atoms with E-state index in [1.165, 1.54) is 5.56 Å². The number of nitrogens with zero attached hydrogens (tertiary/aromatic N) is 2. The monoisotopic (exact) mass is 592 g/mol. The van der Waals surface area contributed by atoms with Crippen LogP contribution in [0.1, 0.15) is 64.7 Å². The molecule has 2 amide bonds. The van der Waals surface area contributed by atoms with Crippen LogP contribution in [0.2, 0.25) is 0 Å². The largest absolute Gasteiger partial charge is 0.370 e. The highest BCUT2D eigenvalue weighted by Gasteiger charge is 2.35. The van der Waals surface area contributed by atoms with Crippen molar-refractivity contribution >= 4 is 35.5 Å². The molecule has 0 bridgehead atoms. The lowest BCUT2D eigenvalue weighted by atomic mass is 9.94. The van der Waals surface area contributed by atoms with Crippen LogP contribution in [-0.2, 0) is 4.79 Å². The smallest absolute Gasteiger partial charge is 0.251 e. The Morgan fingerprint density at radius 3 is 2.61 bits per heavy atom. The summed E-state index contributed by atoms with van der Waals surface area (Å²) in [5.74, 6) is -0.0884. The molecule has 8 nitrogen and oxygen atoms in total. The van der Waals surface area contributed by atoms with Crippen LogP contribution < -0.4 is 22.1 Å². The van der Waals surface area contributed by atoms with Gasteiger partial charge in [-0.05, 0) is 71.7 Å². The van der Waals surface area contributed by atoms with Crippen LogP contribution in [-0.4, -0.2) is 60.9 Å². The predicted octanol–water partition coefficient (Wildman–Crippen LogP) is 4.63. The quantitative estimate of drug-likeness (QED) is 0.153. The summed E-state index contributed by atoms with van der Waals surface area (Å²) in [7, 11) is 0. The van der Waals surface area contributed by atoms with E-state index in [1.807, 2.05) is 60.4 Å². The standard InChI is InChI=1S/C36H44N6O2/c1-5-12-25-21-26(17-16-24(25)6-2)34(43)40-22-27-18-20-42(35(44)33(41-27)15-11-19-39-36(37)38)23-32-29(8-4)28(7-3)30-13-9-10-14-31(30)32/h5-10,12-14,16-17,21,27,32-33,41H,2-4,11,15,18-20,22-23H2,1H3,(H,40,43)(H4,37,38,39)/b12-5-. The number of guanidine groups is 1. The summed E-state index contributed by atoms with van der Waals surface area (Å²) in [6, 6.07) is 13.3. The fraction of sp³-hybridized carbons (Fsp3) is 0.306. The minimum atomic E-state index is -0.437. The van der Waals surface area contributed by atoms with E-state index in [0.717, 1.165) is 27.8 Å². The summed E-state index contributed by atoms with van der Waals surface area (Å²) in [6.07, 6.45) is 11.3. The predicted molar refractivity (Wildman–Crippen MR) is 182 cm³/mol. The van der Waals surface area contributed by atoms with Crippen molar-refractivity contribution < 1.29 is 9.59 Å². The third-order valence-corrected chi connectivity index (χ3v) is 8.30. The first kappa shape index (κ1) is 32.2. The van der Waals surface area contributed by atoms with Gasteiger partial charge in [-0.1, -0.05) is 80.4 Å². The molecule has 1 saturated heterocycles. The molecule has 2 aliphatic rings. The Morgan fingerprint density at radius 1 is 1.11 bits per heavy atom. The third-order valence-electron chi connectivity index (χ3n) is 8.30. The topological polar surface area (TPSA) is 126 Å². The lowest BCUT2D eigenvalue weighted by Crippen LogP contribution is -2.49. The number of fused-ring (bicyclic) bond motifs is 1. The van der Waals surface area contributed by atoms with Crippen molar-refractivity contribution in [2.24, 2.45) is 16.5 Å². The lowest BCUT2D eigenvalue weighted by molar-refractivity contribution is -0.133. The van der Waals surface area contributed by atoms with E-state index in [0.29, 0.717) is 51.0 Å². The van der Waals surface area contributed by atoms with Crippen molar-refractivity contribution in [2.75, 3.05) is 26.2 Å². The van der Waals surface area contributed by atoms with Gasteiger partial charge in [-0.25, -0.2) is 0 Å². The highest BCUT2D eigenvalue weighted by molar-refractivity contribution is 5.95. The van der Waals surface area contributed by atoms with Crippen LogP contribution in [0.25, 0.3) is 17.7 Å². The average Bonchev–Trinajstić information content (AvgIpc) is 3.25. The van der Waals surface area contributed by atoms with E-state index in [4.69, 9.17) is 11.5 Å². The molecule has 0 aromatic heterocycles. The molecule has 1 fully saturated rings. The molecule has 2 aromatic carbocycles. The summed E-state index contributed by atoms with van der Waals surface area (Å²) < 4.78 is 0. The number of nitrogens with one attached hydrogen (secondary N) is 2. The van der Waals surface area contributed by atoms with Gasteiger partial charge in [0, 0.05) is 43.7 Å². The summed E-state index contributed by atoms with van der Waals surface area (Å²) in [6.45, 7) is 15.8. The minimum absolute atomic E-state index is 0.00379. The van der Waals surface area contributed by atoms with Gasteiger partial charge in [0.2, 0.25) is 5.91 Å². The van der Waals surface area contributed by atoms with Crippen molar-refractivity contribution in [2.45, 2.75) is 44.2 Å². The molecule has 1 aliphatic heterocycles. The number of benzene rings is 2. The number of hydrogen-bond donors (Lipinski definition) is 4. The molecule has 0 saturated carbocycles. The number of carbonyl (C=O) groups is 2. The fourth-order valence-corrected chi connectivity index (χ4v) is 6.13. The molecule has 44 heavy (non-hydrogen) atoms. The zero-order valence-corrected chi connectivity index (χ0v) is 25.6. The Kier molecular flexibility index (Phi) is 11.1. The van der Waals surface area contributed by atoms with Gasteiger partial charge in [-0.3, -0.25) is 14.6 Å². The number of carbonyl (C=O) groups excluding carboxylic acids is 2.